The van der Waals surface area contributed by atoms with Gasteiger partial charge in [-0.15, -0.1) is 0 Å². The standard InChI is InChI=1S/C18H18ClF2IN2O3/c1-18(2,5-6-25)27-24-17(26)11-8-12(19)13(20)9-16(11)23-15-4-3-10(22)7-14(15)21/h3-4,7-9,23,25H,5-6H2,1-2H3,(H,24,26). The fraction of sp³-hybridized carbons (Fsp3) is 0.278. The highest BCUT2D eigenvalue weighted by molar-refractivity contribution is 14.1. The van der Waals surface area contributed by atoms with Crippen LogP contribution in [0.1, 0.15) is 30.6 Å². The average molecular weight is 511 g/mol. The number of nitrogens with one attached hydrogen (secondary N) is 2. The Labute approximate surface area is 174 Å². The summed E-state index contributed by atoms with van der Waals surface area (Å²) < 4.78 is 28.7. The molecule has 0 unspecified atom stereocenters. The van der Waals surface area contributed by atoms with Crippen molar-refractivity contribution in [3.8, 4) is 0 Å². The Hall–Kier alpha value is -1.49. The summed E-state index contributed by atoms with van der Waals surface area (Å²) in [6.45, 7) is 3.24. The number of carbonyl (C=O) groups excluding carboxylic acids is 1. The van der Waals surface area contributed by atoms with E-state index in [0.29, 0.717) is 3.57 Å². The molecule has 5 nitrogen and oxygen atoms in total. The molecular formula is C18H18ClF2IN2O3. The summed E-state index contributed by atoms with van der Waals surface area (Å²) in [5, 5.41) is 11.5. The predicted molar refractivity (Wildman–Crippen MR) is 108 cm³/mol. The van der Waals surface area contributed by atoms with Crippen molar-refractivity contribution in [3.05, 3.63) is 56.1 Å². The molecule has 146 valence electrons. The van der Waals surface area contributed by atoms with Gasteiger partial charge in [0.25, 0.3) is 5.91 Å². The Bertz CT molecular complexity index is 850. The first kappa shape index (κ1) is 21.8. The second-order valence-electron chi connectivity index (χ2n) is 6.33. The molecular weight excluding hydrogens is 493 g/mol. The number of carbonyl (C=O) groups is 1. The van der Waals surface area contributed by atoms with E-state index in [-0.39, 0.29) is 35.0 Å². The van der Waals surface area contributed by atoms with Crippen LogP contribution in [-0.4, -0.2) is 23.2 Å². The average Bonchev–Trinajstić information content (AvgIpc) is 2.58. The van der Waals surface area contributed by atoms with Crippen molar-refractivity contribution in [1.82, 2.24) is 5.48 Å². The Morgan fingerprint density at radius 1 is 1.22 bits per heavy atom. The third-order valence-corrected chi connectivity index (χ3v) is 4.60. The Balaban J connectivity index is 2.30. The predicted octanol–water partition coefficient (Wildman–Crippen LogP) is 4.79. The zero-order valence-corrected chi connectivity index (χ0v) is 17.5. The number of amides is 1. The van der Waals surface area contributed by atoms with E-state index in [1.807, 2.05) is 22.6 Å². The minimum Gasteiger partial charge on any atom is -0.396 e. The first-order valence-electron chi connectivity index (χ1n) is 7.93. The topological polar surface area (TPSA) is 70.6 Å². The second-order valence-corrected chi connectivity index (χ2v) is 7.98. The first-order valence-corrected chi connectivity index (χ1v) is 9.39. The highest BCUT2D eigenvalue weighted by Crippen LogP contribution is 2.29. The van der Waals surface area contributed by atoms with Crippen molar-refractivity contribution in [2.45, 2.75) is 25.9 Å². The molecule has 3 N–H and O–H groups in total. The number of rotatable bonds is 7. The molecule has 0 saturated heterocycles. The van der Waals surface area contributed by atoms with Crippen LogP contribution in [0.2, 0.25) is 5.02 Å². The number of aliphatic hydroxyl groups excluding tert-OH is 1. The van der Waals surface area contributed by atoms with Gasteiger partial charge < -0.3 is 10.4 Å². The van der Waals surface area contributed by atoms with Gasteiger partial charge in [0, 0.05) is 16.6 Å². The van der Waals surface area contributed by atoms with Gasteiger partial charge in [-0.2, -0.15) is 0 Å². The minimum atomic E-state index is -0.815. The molecule has 0 spiro atoms. The van der Waals surface area contributed by atoms with Crippen LogP contribution >= 0.6 is 34.2 Å². The normalized spacial score (nSPS) is 11.4. The smallest absolute Gasteiger partial charge is 0.277 e. The van der Waals surface area contributed by atoms with Crippen LogP contribution in [0.25, 0.3) is 0 Å². The SMILES string of the molecule is CC(C)(CCO)ONC(=O)c1cc(Cl)c(F)cc1Nc1ccc(I)cc1F. The summed E-state index contributed by atoms with van der Waals surface area (Å²) in [7, 11) is 0. The van der Waals surface area contributed by atoms with E-state index in [1.165, 1.54) is 12.1 Å². The molecule has 0 heterocycles. The number of anilines is 2. The Morgan fingerprint density at radius 3 is 2.56 bits per heavy atom. The summed E-state index contributed by atoms with van der Waals surface area (Å²) in [5.41, 5.74) is 1.51. The fourth-order valence-electron chi connectivity index (χ4n) is 2.13. The Kier molecular flexibility index (Phi) is 7.38. The summed E-state index contributed by atoms with van der Waals surface area (Å²) in [6, 6.07) is 6.58. The third kappa shape index (κ3) is 6.00. The zero-order chi connectivity index (χ0) is 20.2. The molecule has 0 atom stereocenters. The maximum atomic E-state index is 14.1. The van der Waals surface area contributed by atoms with Gasteiger partial charge in [0.15, 0.2) is 0 Å². The lowest BCUT2D eigenvalue weighted by molar-refractivity contribution is -0.0805. The highest BCUT2D eigenvalue weighted by Gasteiger charge is 2.22. The van der Waals surface area contributed by atoms with Crippen LogP contribution in [-0.2, 0) is 4.84 Å². The van der Waals surface area contributed by atoms with E-state index < -0.39 is 23.1 Å². The lowest BCUT2D eigenvalue weighted by Gasteiger charge is -2.24. The summed E-state index contributed by atoms with van der Waals surface area (Å²) in [4.78, 5) is 17.8. The van der Waals surface area contributed by atoms with E-state index >= 15 is 0 Å². The van der Waals surface area contributed by atoms with Crippen LogP contribution in [0.4, 0.5) is 20.2 Å². The highest BCUT2D eigenvalue weighted by atomic mass is 127. The van der Waals surface area contributed by atoms with Crippen molar-refractivity contribution in [2.75, 3.05) is 11.9 Å². The van der Waals surface area contributed by atoms with Crippen LogP contribution in [0.3, 0.4) is 0 Å². The van der Waals surface area contributed by atoms with Gasteiger partial charge in [0.05, 0.1) is 27.6 Å². The molecule has 0 fully saturated rings. The lowest BCUT2D eigenvalue weighted by Crippen LogP contribution is -2.36. The van der Waals surface area contributed by atoms with Gasteiger partial charge in [0.1, 0.15) is 11.6 Å². The summed E-state index contributed by atoms with van der Waals surface area (Å²) in [6.07, 6.45) is 0.288. The molecule has 27 heavy (non-hydrogen) atoms. The number of benzene rings is 2. The van der Waals surface area contributed by atoms with E-state index in [4.69, 9.17) is 21.5 Å². The van der Waals surface area contributed by atoms with Crippen LogP contribution in [0.5, 0.6) is 0 Å². The van der Waals surface area contributed by atoms with E-state index in [2.05, 4.69) is 10.8 Å². The maximum absolute atomic E-state index is 14.1. The summed E-state index contributed by atoms with van der Waals surface area (Å²) >= 11 is 7.75. The molecule has 0 aromatic heterocycles. The van der Waals surface area contributed by atoms with Gasteiger partial charge in [-0.3, -0.25) is 9.63 Å². The lowest BCUT2D eigenvalue weighted by atomic mass is 10.1. The molecule has 1 amide bonds. The molecule has 2 rings (SSSR count). The maximum Gasteiger partial charge on any atom is 0.277 e. The van der Waals surface area contributed by atoms with Gasteiger partial charge in [-0.1, -0.05) is 11.6 Å². The van der Waals surface area contributed by atoms with Gasteiger partial charge in [-0.25, -0.2) is 14.3 Å². The number of halogens is 4. The Morgan fingerprint density at radius 2 is 1.93 bits per heavy atom. The summed E-state index contributed by atoms with van der Waals surface area (Å²) in [5.74, 6) is -2.01. The van der Waals surface area contributed by atoms with Crippen molar-refractivity contribution in [1.29, 1.82) is 0 Å². The van der Waals surface area contributed by atoms with Crippen molar-refractivity contribution in [2.24, 2.45) is 0 Å². The van der Waals surface area contributed by atoms with Gasteiger partial charge in [0.2, 0.25) is 0 Å². The molecule has 2 aromatic carbocycles. The fourth-order valence-corrected chi connectivity index (χ4v) is 2.75. The quantitative estimate of drug-likeness (QED) is 0.370. The van der Waals surface area contributed by atoms with Crippen LogP contribution in [0, 0.1) is 15.2 Å². The van der Waals surface area contributed by atoms with E-state index in [0.717, 1.165) is 12.1 Å². The van der Waals surface area contributed by atoms with Crippen molar-refractivity contribution >= 4 is 51.5 Å². The number of hydrogen-bond donors (Lipinski definition) is 3. The number of aliphatic hydroxyl groups is 1. The first-order chi connectivity index (χ1) is 12.6. The molecule has 0 bridgehead atoms. The molecule has 2 aromatic rings. The molecule has 0 saturated carbocycles. The third-order valence-electron chi connectivity index (χ3n) is 3.64. The van der Waals surface area contributed by atoms with Gasteiger partial charge >= 0.3 is 0 Å². The second kappa shape index (κ2) is 9.13. The van der Waals surface area contributed by atoms with Crippen molar-refractivity contribution < 1.29 is 23.5 Å². The van der Waals surface area contributed by atoms with E-state index in [9.17, 15) is 13.6 Å². The molecule has 0 radical (unpaired) electrons. The molecule has 0 aliphatic carbocycles. The van der Waals surface area contributed by atoms with Crippen LogP contribution in [0.15, 0.2) is 30.3 Å². The monoisotopic (exact) mass is 510 g/mol. The molecule has 9 heteroatoms. The number of hydroxylamine groups is 1. The largest absolute Gasteiger partial charge is 0.396 e. The number of hydrogen-bond acceptors (Lipinski definition) is 4. The molecule has 0 aliphatic heterocycles. The minimum absolute atomic E-state index is 0.0260. The van der Waals surface area contributed by atoms with Crippen LogP contribution < -0.4 is 10.8 Å². The van der Waals surface area contributed by atoms with Crippen molar-refractivity contribution in [3.63, 3.8) is 0 Å². The molecule has 0 aliphatic rings. The zero-order valence-electron chi connectivity index (χ0n) is 14.6. The van der Waals surface area contributed by atoms with E-state index in [1.54, 1.807) is 19.9 Å². The van der Waals surface area contributed by atoms with Gasteiger partial charge in [-0.05, 0) is 66.8 Å².